The Hall–Kier alpha value is -3.62. The monoisotopic (exact) mass is 425 g/mol. The highest BCUT2D eigenvalue weighted by atomic mass is 19.1. The number of hydrogen-bond donors (Lipinski definition) is 0. The first-order valence-electron chi connectivity index (χ1n) is 10.6. The van der Waals surface area contributed by atoms with Crippen molar-refractivity contribution in [3.8, 4) is 17.5 Å². The van der Waals surface area contributed by atoms with Gasteiger partial charge in [-0.3, -0.25) is 0 Å². The lowest BCUT2D eigenvalue weighted by Gasteiger charge is -2.20. The van der Waals surface area contributed by atoms with Crippen LogP contribution in [0.3, 0.4) is 0 Å². The summed E-state index contributed by atoms with van der Waals surface area (Å²) in [5.74, 6) is 5.92. The van der Waals surface area contributed by atoms with E-state index in [9.17, 15) is 9.18 Å². The van der Waals surface area contributed by atoms with Crippen LogP contribution >= 0.6 is 0 Å². The maximum absolute atomic E-state index is 13.4. The molecule has 158 valence electrons. The zero-order valence-corrected chi connectivity index (χ0v) is 17.5. The van der Waals surface area contributed by atoms with Crippen molar-refractivity contribution in [1.82, 2.24) is 4.57 Å². The Morgan fingerprint density at radius 3 is 2.78 bits per heavy atom. The molecule has 1 saturated carbocycles. The number of methoxy groups -OCH3 is 1. The number of carbonyl (C=O) groups excluding carboxylic acids is 1. The summed E-state index contributed by atoms with van der Waals surface area (Å²) in [7, 11) is 1.37. The van der Waals surface area contributed by atoms with Gasteiger partial charge in [0.15, 0.2) is 5.60 Å². The third kappa shape index (κ3) is 2.63. The molecule has 2 aromatic carbocycles. The van der Waals surface area contributed by atoms with Gasteiger partial charge in [0.2, 0.25) is 0 Å². The van der Waals surface area contributed by atoms with Gasteiger partial charge in [-0.25, -0.2) is 9.18 Å². The van der Waals surface area contributed by atoms with Crippen LogP contribution in [0.5, 0.6) is 0 Å². The highest BCUT2D eigenvalue weighted by Crippen LogP contribution is 2.65. The van der Waals surface area contributed by atoms with Crippen molar-refractivity contribution in [3.63, 3.8) is 0 Å². The molecule has 1 saturated heterocycles. The largest absolute Gasteiger partial charge is 0.465 e. The van der Waals surface area contributed by atoms with Crippen LogP contribution in [0.2, 0.25) is 0 Å². The second kappa shape index (κ2) is 6.69. The maximum Gasteiger partial charge on any atom is 0.339 e. The van der Waals surface area contributed by atoms with Crippen molar-refractivity contribution < 1.29 is 18.7 Å². The molecule has 6 rings (SSSR count). The van der Waals surface area contributed by atoms with Crippen molar-refractivity contribution in [2.24, 2.45) is 0 Å². The Morgan fingerprint density at radius 2 is 1.97 bits per heavy atom. The number of halogens is 1. The van der Waals surface area contributed by atoms with E-state index in [0.717, 1.165) is 30.6 Å². The summed E-state index contributed by atoms with van der Waals surface area (Å²) in [5.41, 5.74) is 4.70. The molecule has 2 fully saturated rings. The number of rotatable bonds is 2. The maximum atomic E-state index is 13.4. The molecule has 1 unspecified atom stereocenters. The minimum absolute atomic E-state index is 0.244. The molecule has 5 heteroatoms. The van der Waals surface area contributed by atoms with E-state index in [1.54, 1.807) is 24.3 Å². The predicted molar refractivity (Wildman–Crippen MR) is 118 cm³/mol. The van der Waals surface area contributed by atoms with Gasteiger partial charge >= 0.3 is 5.97 Å². The molecule has 0 amide bonds. The normalized spacial score (nSPS) is 24.4. The van der Waals surface area contributed by atoms with E-state index in [2.05, 4.69) is 28.6 Å². The van der Waals surface area contributed by atoms with Crippen LogP contribution in [0.15, 0.2) is 66.4 Å². The lowest BCUT2D eigenvalue weighted by atomic mass is 9.83. The zero-order chi connectivity index (χ0) is 21.9. The summed E-state index contributed by atoms with van der Waals surface area (Å²) in [6, 6.07) is 15.9. The van der Waals surface area contributed by atoms with Gasteiger partial charge in [-0.05, 0) is 72.5 Å². The van der Waals surface area contributed by atoms with Crippen molar-refractivity contribution in [3.05, 3.63) is 94.6 Å². The Bertz CT molecular complexity index is 1360. The minimum Gasteiger partial charge on any atom is -0.465 e. The highest BCUT2D eigenvalue weighted by Gasteiger charge is 2.75. The summed E-state index contributed by atoms with van der Waals surface area (Å²) in [5, 5.41) is 0. The Balaban J connectivity index is 1.34. The first kappa shape index (κ1) is 19.1. The van der Waals surface area contributed by atoms with E-state index in [1.807, 2.05) is 18.3 Å². The third-order valence-corrected chi connectivity index (χ3v) is 6.82. The average Bonchev–Trinajstić information content (AvgIpc) is 3.09. The van der Waals surface area contributed by atoms with Crippen LogP contribution in [0, 0.1) is 17.7 Å². The van der Waals surface area contributed by atoms with Gasteiger partial charge in [-0.1, -0.05) is 24.0 Å². The van der Waals surface area contributed by atoms with Gasteiger partial charge in [-0.2, -0.15) is 0 Å². The molecule has 1 aromatic heterocycles. The highest BCUT2D eigenvalue weighted by molar-refractivity contribution is 5.92. The first-order valence-corrected chi connectivity index (χ1v) is 10.6. The number of nitrogens with zero attached hydrogens (tertiary/aromatic N) is 1. The molecule has 1 spiro atoms. The minimum atomic E-state index is -0.516. The van der Waals surface area contributed by atoms with Crippen LogP contribution < -0.4 is 0 Å². The number of fused-ring (bicyclic) bond motifs is 1. The van der Waals surface area contributed by atoms with Crippen LogP contribution in [0.4, 0.5) is 4.39 Å². The molecule has 2 aliphatic carbocycles. The fourth-order valence-electron chi connectivity index (χ4n) is 5.14. The molecular weight excluding hydrogens is 405 g/mol. The molecule has 4 nitrogen and oxygen atoms in total. The molecule has 0 N–H and O–H groups in total. The van der Waals surface area contributed by atoms with Crippen molar-refractivity contribution >= 4 is 12.0 Å². The third-order valence-electron chi connectivity index (χ3n) is 6.82. The van der Waals surface area contributed by atoms with Gasteiger partial charge in [0.1, 0.15) is 11.4 Å². The molecule has 3 aromatic rings. The lowest BCUT2D eigenvalue weighted by molar-refractivity contribution is 0.0600. The summed E-state index contributed by atoms with van der Waals surface area (Å²) < 4.78 is 26.7. The molecule has 1 aliphatic heterocycles. The quantitative estimate of drug-likeness (QED) is 0.340. The number of esters is 1. The zero-order valence-electron chi connectivity index (χ0n) is 17.5. The average molecular weight is 425 g/mol. The van der Waals surface area contributed by atoms with Crippen LogP contribution in [-0.4, -0.2) is 28.8 Å². The van der Waals surface area contributed by atoms with E-state index >= 15 is 0 Å². The second-order valence-corrected chi connectivity index (χ2v) is 8.46. The van der Waals surface area contributed by atoms with E-state index in [0.29, 0.717) is 11.1 Å². The fourth-order valence-corrected chi connectivity index (χ4v) is 5.14. The number of hydrogen-bond acceptors (Lipinski definition) is 3. The van der Waals surface area contributed by atoms with Crippen LogP contribution in [0.25, 0.3) is 11.8 Å². The van der Waals surface area contributed by atoms with Gasteiger partial charge < -0.3 is 14.0 Å². The van der Waals surface area contributed by atoms with Gasteiger partial charge in [0.05, 0.1) is 12.7 Å². The first-order chi connectivity index (χ1) is 15.6. The van der Waals surface area contributed by atoms with Gasteiger partial charge in [0, 0.05) is 29.6 Å². The van der Waals surface area contributed by atoms with E-state index in [-0.39, 0.29) is 11.4 Å². The Kier molecular flexibility index (Phi) is 3.99. The van der Waals surface area contributed by atoms with Crippen LogP contribution in [-0.2, 0) is 15.9 Å². The van der Waals surface area contributed by atoms with E-state index in [4.69, 9.17) is 9.47 Å². The molecule has 0 radical (unpaired) electrons. The van der Waals surface area contributed by atoms with Crippen molar-refractivity contribution in [2.45, 2.75) is 30.5 Å². The number of benzene rings is 2. The van der Waals surface area contributed by atoms with Gasteiger partial charge in [-0.15, -0.1) is 0 Å². The molecule has 32 heavy (non-hydrogen) atoms. The number of epoxide rings is 1. The molecule has 2 heterocycles. The van der Waals surface area contributed by atoms with Gasteiger partial charge in [0.25, 0.3) is 0 Å². The smallest absolute Gasteiger partial charge is 0.339 e. The predicted octanol–water partition coefficient (Wildman–Crippen LogP) is 4.70. The summed E-state index contributed by atoms with van der Waals surface area (Å²) in [4.78, 5) is 12.1. The lowest BCUT2D eigenvalue weighted by Crippen LogP contribution is -2.25. The Morgan fingerprint density at radius 1 is 1.16 bits per heavy atom. The fraction of sp³-hybridized carbons (Fsp3) is 0.222. The molecule has 2 atom stereocenters. The van der Waals surface area contributed by atoms with E-state index in [1.165, 1.54) is 30.4 Å². The summed E-state index contributed by atoms with van der Waals surface area (Å²) >= 11 is 0. The Labute approximate surface area is 185 Å². The summed E-state index contributed by atoms with van der Waals surface area (Å²) in [6.45, 7) is 0. The van der Waals surface area contributed by atoms with Crippen molar-refractivity contribution in [1.29, 1.82) is 0 Å². The standard InChI is InChI=1S/C27H20FNO3/c1-31-25(30)23-5-3-2-4-18(23)10-13-26-14-11-20-16-24-19(17-27(20,26)32-26)12-15-29(24)22-8-6-21(28)7-9-22/h2-9,12,15-16H,11,14,17H2,1H3/t26-,27?/m0/s1. The molecule has 3 aliphatic rings. The number of aromatic nitrogens is 1. The molecular formula is C27H20FNO3. The van der Waals surface area contributed by atoms with Crippen LogP contribution in [0.1, 0.15) is 40.0 Å². The SMILES string of the molecule is COC(=O)c1ccccc1C#C[C@]12CCC3=Cc4c(ccn4-c4ccc(F)cc4)CC31O2. The summed E-state index contributed by atoms with van der Waals surface area (Å²) in [6.07, 6.45) is 6.74. The second-order valence-electron chi connectivity index (χ2n) is 8.46. The van der Waals surface area contributed by atoms with E-state index < -0.39 is 11.6 Å². The number of ether oxygens (including phenoxy) is 2. The number of carbonyl (C=O) groups is 1. The topological polar surface area (TPSA) is 43.8 Å². The molecule has 0 bridgehead atoms. The van der Waals surface area contributed by atoms with Crippen molar-refractivity contribution in [2.75, 3.05) is 7.11 Å².